The molecule has 0 aliphatic carbocycles. The first-order valence-electron chi connectivity index (χ1n) is 13.0. The number of nitrogens with one attached hydrogen (secondary N) is 1. The monoisotopic (exact) mass is 477 g/mol. The van der Waals surface area contributed by atoms with Gasteiger partial charge in [0.05, 0.1) is 6.61 Å². The van der Waals surface area contributed by atoms with E-state index in [4.69, 9.17) is 9.47 Å². The Morgan fingerprint density at radius 1 is 1.03 bits per heavy atom. The topological polar surface area (TPSA) is 105 Å². The van der Waals surface area contributed by atoms with Gasteiger partial charge in [-0.1, -0.05) is 101 Å². The van der Waals surface area contributed by atoms with Gasteiger partial charge in [0.2, 0.25) is 5.91 Å². The highest BCUT2D eigenvalue weighted by molar-refractivity contribution is 5.79. The first-order chi connectivity index (χ1) is 16.6. The van der Waals surface area contributed by atoms with Crippen LogP contribution in [0.25, 0.3) is 0 Å². The number of aldehydes is 1. The molecule has 192 valence electrons. The minimum absolute atomic E-state index is 0.0421. The fourth-order valence-corrected chi connectivity index (χ4v) is 4.26. The Morgan fingerprint density at radius 2 is 1.62 bits per heavy atom. The van der Waals surface area contributed by atoms with Crippen LogP contribution in [-0.4, -0.2) is 53.4 Å². The minimum atomic E-state index is -1.39. The van der Waals surface area contributed by atoms with Crippen LogP contribution in [0.4, 0.5) is 0 Å². The molecule has 1 aromatic carbocycles. The van der Waals surface area contributed by atoms with Crippen LogP contribution in [-0.2, 0) is 19.1 Å². The molecule has 5 atom stereocenters. The molecule has 3 N–H and O–H groups in total. The second kappa shape index (κ2) is 16.8. The van der Waals surface area contributed by atoms with E-state index in [-0.39, 0.29) is 12.5 Å². The predicted molar refractivity (Wildman–Crippen MR) is 131 cm³/mol. The van der Waals surface area contributed by atoms with Crippen LogP contribution in [0.5, 0.6) is 0 Å². The van der Waals surface area contributed by atoms with Gasteiger partial charge in [-0.2, -0.15) is 0 Å². The molecule has 0 radical (unpaired) electrons. The molecule has 2 rings (SSSR count). The lowest BCUT2D eigenvalue weighted by Gasteiger charge is -2.38. The Labute approximate surface area is 204 Å². The van der Waals surface area contributed by atoms with Crippen LogP contribution in [0.1, 0.15) is 95.8 Å². The summed E-state index contributed by atoms with van der Waals surface area (Å²) in [5.41, 5.74) is 0.745. The summed E-state index contributed by atoms with van der Waals surface area (Å²) < 4.78 is 11.3. The molecule has 0 aromatic heterocycles. The SMILES string of the molecule is CCCCCCCCCCCCCC(=O)N[C@@H](C=O)[C@@H](O)[C@@H]1OC(c2ccccc2)OC[C@H]1O. The Morgan fingerprint density at radius 3 is 2.21 bits per heavy atom. The van der Waals surface area contributed by atoms with E-state index < -0.39 is 30.6 Å². The van der Waals surface area contributed by atoms with Crippen molar-refractivity contribution in [1.82, 2.24) is 5.32 Å². The van der Waals surface area contributed by atoms with Gasteiger partial charge in [-0.25, -0.2) is 0 Å². The van der Waals surface area contributed by atoms with Crippen molar-refractivity contribution in [3.8, 4) is 0 Å². The lowest BCUT2D eigenvalue weighted by Crippen LogP contribution is -2.56. The molecule has 1 aliphatic rings. The number of aliphatic hydroxyl groups is 2. The number of unbranched alkanes of at least 4 members (excludes halogenated alkanes) is 10. The third-order valence-corrected chi connectivity index (χ3v) is 6.34. The molecule has 7 heteroatoms. The molecule has 0 spiro atoms. The maximum absolute atomic E-state index is 12.3. The van der Waals surface area contributed by atoms with Crippen LogP contribution in [0.15, 0.2) is 30.3 Å². The van der Waals surface area contributed by atoms with Gasteiger partial charge < -0.3 is 29.8 Å². The number of carbonyl (C=O) groups excluding carboxylic acids is 2. The smallest absolute Gasteiger partial charge is 0.220 e. The highest BCUT2D eigenvalue weighted by Crippen LogP contribution is 2.28. The summed E-state index contributed by atoms with van der Waals surface area (Å²) in [5.74, 6) is -0.284. The Kier molecular flexibility index (Phi) is 14.0. The van der Waals surface area contributed by atoms with E-state index in [9.17, 15) is 19.8 Å². The quantitative estimate of drug-likeness (QED) is 0.229. The van der Waals surface area contributed by atoms with Gasteiger partial charge in [-0.15, -0.1) is 0 Å². The van der Waals surface area contributed by atoms with Crippen LogP contribution in [0.2, 0.25) is 0 Å². The fraction of sp³-hybridized carbons (Fsp3) is 0.704. The maximum Gasteiger partial charge on any atom is 0.220 e. The van der Waals surface area contributed by atoms with Crippen LogP contribution < -0.4 is 5.32 Å². The highest BCUT2D eigenvalue weighted by Gasteiger charge is 2.40. The van der Waals surface area contributed by atoms with Gasteiger partial charge in [0.1, 0.15) is 30.6 Å². The first-order valence-corrected chi connectivity index (χ1v) is 13.0. The molecule has 1 unspecified atom stereocenters. The van der Waals surface area contributed by atoms with Crippen molar-refractivity contribution in [1.29, 1.82) is 0 Å². The largest absolute Gasteiger partial charge is 0.388 e. The van der Waals surface area contributed by atoms with Crippen LogP contribution in [0.3, 0.4) is 0 Å². The standard InChI is InChI=1S/C27H43NO6/c1-2-3-4-5-6-7-8-9-10-11-15-18-24(31)28-22(19-29)25(32)26-23(30)20-33-27(34-26)21-16-13-12-14-17-21/h12-14,16-17,19,22-23,25-27,30,32H,2-11,15,18,20H2,1H3,(H,28,31)/t22-,23+,25+,26+,27?/m0/s1. The Hall–Kier alpha value is -1.80. The molecule has 7 nitrogen and oxygen atoms in total. The van der Waals surface area contributed by atoms with Gasteiger partial charge >= 0.3 is 0 Å². The number of hydrogen-bond donors (Lipinski definition) is 3. The highest BCUT2D eigenvalue weighted by atomic mass is 16.7. The van der Waals surface area contributed by atoms with Crippen molar-refractivity contribution in [2.75, 3.05) is 6.61 Å². The second-order valence-corrected chi connectivity index (χ2v) is 9.25. The third-order valence-electron chi connectivity index (χ3n) is 6.34. The van der Waals surface area contributed by atoms with Gasteiger partial charge in [0.25, 0.3) is 0 Å². The van der Waals surface area contributed by atoms with E-state index in [0.29, 0.717) is 12.7 Å². The molecule has 1 heterocycles. The van der Waals surface area contributed by atoms with E-state index in [1.54, 1.807) is 0 Å². The summed E-state index contributed by atoms with van der Waals surface area (Å²) in [6.45, 7) is 2.19. The van der Waals surface area contributed by atoms with Gasteiger partial charge in [-0.05, 0) is 6.42 Å². The average molecular weight is 478 g/mol. The summed E-state index contributed by atoms with van der Waals surface area (Å²) in [5, 5.41) is 23.5. The molecular formula is C27H43NO6. The average Bonchev–Trinajstić information content (AvgIpc) is 2.86. The summed E-state index contributed by atoms with van der Waals surface area (Å²) >= 11 is 0. The van der Waals surface area contributed by atoms with Gasteiger partial charge in [-0.3, -0.25) is 4.79 Å². The Balaban J connectivity index is 1.66. The number of hydrogen-bond acceptors (Lipinski definition) is 6. The van der Waals surface area contributed by atoms with Gasteiger partial charge in [0, 0.05) is 12.0 Å². The molecule has 1 aromatic rings. The zero-order chi connectivity index (χ0) is 24.6. The summed E-state index contributed by atoms with van der Waals surface area (Å²) in [6, 6.07) is 8.01. The second-order valence-electron chi connectivity index (χ2n) is 9.25. The number of carbonyl (C=O) groups is 2. The number of rotatable bonds is 17. The lowest BCUT2D eigenvalue weighted by atomic mass is 10.00. The van der Waals surface area contributed by atoms with Crippen molar-refractivity contribution in [2.45, 2.75) is 115 Å². The molecule has 1 aliphatic heterocycles. The van der Waals surface area contributed by atoms with Crippen molar-refractivity contribution in [3.05, 3.63) is 35.9 Å². The molecule has 1 fully saturated rings. The molecule has 0 saturated carbocycles. The van der Waals surface area contributed by atoms with Crippen LogP contribution >= 0.6 is 0 Å². The zero-order valence-corrected chi connectivity index (χ0v) is 20.6. The van der Waals surface area contributed by atoms with E-state index in [0.717, 1.165) is 24.8 Å². The minimum Gasteiger partial charge on any atom is -0.388 e. The summed E-state index contributed by atoms with van der Waals surface area (Å²) in [7, 11) is 0. The molecule has 0 bridgehead atoms. The zero-order valence-electron chi connectivity index (χ0n) is 20.6. The van der Waals surface area contributed by atoms with E-state index in [1.807, 2.05) is 30.3 Å². The molecule has 1 amide bonds. The molecule has 34 heavy (non-hydrogen) atoms. The number of ether oxygens (including phenoxy) is 2. The fourth-order valence-electron chi connectivity index (χ4n) is 4.26. The van der Waals surface area contributed by atoms with Gasteiger partial charge in [0.15, 0.2) is 6.29 Å². The number of benzene rings is 1. The molecular weight excluding hydrogens is 434 g/mol. The molecule has 1 saturated heterocycles. The van der Waals surface area contributed by atoms with E-state index in [2.05, 4.69) is 12.2 Å². The summed E-state index contributed by atoms with van der Waals surface area (Å²) in [6.07, 6.45) is 9.62. The van der Waals surface area contributed by atoms with Crippen molar-refractivity contribution < 1.29 is 29.3 Å². The van der Waals surface area contributed by atoms with E-state index in [1.165, 1.54) is 51.4 Å². The van der Waals surface area contributed by atoms with Crippen molar-refractivity contribution in [2.24, 2.45) is 0 Å². The number of amides is 1. The number of aliphatic hydroxyl groups excluding tert-OH is 2. The third kappa shape index (κ3) is 10.2. The lowest BCUT2D eigenvalue weighted by molar-refractivity contribution is -0.276. The first kappa shape index (κ1) is 28.4. The maximum atomic E-state index is 12.3. The summed E-state index contributed by atoms with van der Waals surface area (Å²) in [4.78, 5) is 23.9. The normalized spacial score (nSPS) is 22.1. The van der Waals surface area contributed by atoms with Crippen molar-refractivity contribution in [3.63, 3.8) is 0 Å². The Bertz CT molecular complexity index is 685. The van der Waals surface area contributed by atoms with Crippen LogP contribution in [0, 0.1) is 0 Å². The van der Waals surface area contributed by atoms with E-state index >= 15 is 0 Å². The predicted octanol–water partition coefficient (Wildman–Crippen LogP) is 4.21. The van der Waals surface area contributed by atoms with Crippen molar-refractivity contribution >= 4 is 12.2 Å².